The van der Waals surface area contributed by atoms with Gasteiger partial charge in [-0.25, -0.2) is 4.98 Å². The predicted molar refractivity (Wildman–Crippen MR) is 140 cm³/mol. The molecule has 0 atom stereocenters. The first kappa shape index (κ1) is 20.6. The number of aromatic nitrogens is 3. The number of aryl methyl sites for hydroxylation is 1. The Morgan fingerprint density at radius 2 is 1.76 bits per heavy atom. The van der Waals surface area contributed by atoms with E-state index in [9.17, 15) is 4.79 Å². The molecule has 0 spiro atoms. The van der Waals surface area contributed by atoms with E-state index in [2.05, 4.69) is 37.7 Å². The first-order valence-corrected chi connectivity index (χ1v) is 11.6. The molecule has 3 aromatic heterocycles. The van der Waals surface area contributed by atoms with Crippen LogP contribution in [-0.2, 0) is 7.05 Å². The minimum atomic E-state index is -0.253. The lowest BCUT2D eigenvalue weighted by atomic mass is 10.1. The fourth-order valence-corrected chi connectivity index (χ4v) is 4.72. The van der Waals surface area contributed by atoms with Gasteiger partial charge in [-0.15, -0.1) is 0 Å². The highest BCUT2D eigenvalue weighted by Crippen LogP contribution is 2.29. The van der Waals surface area contributed by atoms with Gasteiger partial charge in [0.25, 0.3) is 5.56 Å². The largest absolute Gasteiger partial charge is 0.453 e. The molecule has 0 amide bonds. The van der Waals surface area contributed by atoms with Gasteiger partial charge < -0.3 is 8.98 Å². The van der Waals surface area contributed by atoms with E-state index in [0.717, 1.165) is 32.0 Å². The summed E-state index contributed by atoms with van der Waals surface area (Å²) in [4.78, 5) is 18.3. The molecule has 166 valence electrons. The number of benzene rings is 3. The summed E-state index contributed by atoms with van der Waals surface area (Å²) < 4.78 is 10.5. The summed E-state index contributed by atoms with van der Waals surface area (Å²) in [7, 11) is 2.02. The molecular weight excluding hydrogens is 492 g/mol. The number of halogens is 1. The van der Waals surface area contributed by atoms with E-state index in [1.807, 2.05) is 68.6 Å². The van der Waals surface area contributed by atoms with Crippen LogP contribution in [0.4, 0.5) is 0 Å². The predicted octanol–water partition coefficient (Wildman–Crippen LogP) is 6.25. The van der Waals surface area contributed by atoms with E-state index in [1.54, 1.807) is 12.3 Å². The van der Waals surface area contributed by atoms with Crippen molar-refractivity contribution in [3.8, 4) is 11.6 Å². The van der Waals surface area contributed by atoms with Crippen molar-refractivity contribution in [1.29, 1.82) is 0 Å². The minimum absolute atomic E-state index is 0.253. The molecule has 0 fully saturated rings. The van der Waals surface area contributed by atoms with Crippen LogP contribution in [0.25, 0.3) is 44.4 Å². The van der Waals surface area contributed by atoms with Gasteiger partial charge in [0.15, 0.2) is 5.76 Å². The van der Waals surface area contributed by atoms with Crippen LogP contribution in [0.1, 0.15) is 11.3 Å². The highest BCUT2D eigenvalue weighted by molar-refractivity contribution is 9.10. The molecule has 0 unspecified atom stereocenters. The van der Waals surface area contributed by atoms with Crippen LogP contribution in [-0.4, -0.2) is 20.4 Å². The quantitative estimate of drug-likeness (QED) is 0.264. The Hall–Kier alpha value is -3.97. The summed E-state index contributed by atoms with van der Waals surface area (Å²) >= 11 is 3.50. The van der Waals surface area contributed by atoms with Gasteiger partial charge in [0.1, 0.15) is 5.58 Å². The van der Waals surface area contributed by atoms with E-state index < -0.39 is 0 Å². The zero-order valence-corrected chi connectivity index (χ0v) is 20.1. The lowest BCUT2D eigenvalue weighted by Crippen LogP contribution is -2.20. The van der Waals surface area contributed by atoms with Gasteiger partial charge >= 0.3 is 0 Å². The molecule has 6 aromatic rings. The number of nitrogens with zero attached hydrogens (tertiary/aromatic N) is 4. The number of hydrogen-bond acceptors (Lipinski definition) is 4. The fraction of sp³-hybridized carbons (Fsp3) is 0.0741. The molecule has 3 aromatic carbocycles. The number of fused-ring (bicyclic) bond motifs is 3. The van der Waals surface area contributed by atoms with Gasteiger partial charge in [-0.2, -0.15) is 9.78 Å². The lowest BCUT2D eigenvalue weighted by molar-refractivity contribution is 0.616. The van der Waals surface area contributed by atoms with Gasteiger partial charge in [0.05, 0.1) is 17.1 Å². The van der Waals surface area contributed by atoms with Crippen LogP contribution in [0.5, 0.6) is 0 Å². The molecule has 0 saturated carbocycles. The third-order valence-electron chi connectivity index (χ3n) is 6.20. The molecule has 34 heavy (non-hydrogen) atoms. The fourth-order valence-electron chi connectivity index (χ4n) is 4.34. The van der Waals surface area contributed by atoms with Crippen LogP contribution in [0.15, 0.2) is 91.6 Å². The molecule has 6 rings (SSSR count). The number of rotatable bonds is 3. The molecule has 0 saturated heterocycles. The first-order chi connectivity index (χ1) is 16.5. The van der Waals surface area contributed by atoms with Gasteiger partial charge in [0, 0.05) is 39.1 Å². The third-order valence-corrected chi connectivity index (χ3v) is 6.70. The minimum Gasteiger partial charge on any atom is -0.453 e. The summed E-state index contributed by atoms with van der Waals surface area (Å²) in [6.45, 7) is 2.04. The molecule has 0 aliphatic heterocycles. The average Bonchev–Trinajstić information content (AvgIpc) is 3.37. The third kappa shape index (κ3) is 3.20. The normalized spacial score (nSPS) is 12.0. The van der Waals surface area contributed by atoms with E-state index in [-0.39, 0.29) is 5.56 Å². The summed E-state index contributed by atoms with van der Waals surface area (Å²) in [5.74, 6) is 0.827. The second kappa shape index (κ2) is 7.81. The van der Waals surface area contributed by atoms with Crippen LogP contribution >= 0.6 is 15.9 Å². The number of para-hydroxylation sites is 2. The van der Waals surface area contributed by atoms with Crippen molar-refractivity contribution in [3.05, 3.63) is 98.9 Å². The standard InChI is InChI=1S/C27H19BrN4O2/c1-16-21(19-7-4-6-10-23(19)31(16)2)15-29-32-26(30-22-9-5-3-8-20(22)27(32)33)25-14-17-13-18(28)11-12-24(17)34-25/h3-15H,1-2H3. The lowest BCUT2D eigenvalue weighted by Gasteiger charge is -2.07. The Balaban J connectivity index is 1.60. The van der Waals surface area contributed by atoms with Crippen LogP contribution in [0, 0.1) is 6.92 Å². The summed E-state index contributed by atoms with van der Waals surface area (Å²) in [6, 6.07) is 23.1. The summed E-state index contributed by atoms with van der Waals surface area (Å²) in [6.07, 6.45) is 1.73. The van der Waals surface area contributed by atoms with Crippen LogP contribution in [0.2, 0.25) is 0 Å². The van der Waals surface area contributed by atoms with Gasteiger partial charge in [-0.05, 0) is 49.4 Å². The Morgan fingerprint density at radius 3 is 2.62 bits per heavy atom. The van der Waals surface area contributed by atoms with Crippen LogP contribution < -0.4 is 5.56 Å². The zero-order valence-electron chi connectivity index (χ0n) is 18.5. The second-order valence-corrected chi connectivity index (χ2v) is 9.10. The Bertz CT molecular complexity index is 1820. The highest BCUT2D eigenvalue weighted by atomic mass is 79.9. The van der Waals surface area contributed by atoms with E-state index in [0.29, 0.717) is 28.1 Å². The maximum absolute atomic E-state index is 13.5. The smallest absolute Gasteiger partial charge is 0.282 e. The van der Waals surface area contributed by atoms with Gasteiger partial charge in [-0.1, -0.05) is 46.3 Å². The average molecular weight is 511 g/mol. The van der Waals surface area contributed by atoms with Crippen LogP contribution in [0.3, 0.4) is 0 Å². The van der Waals surface area contributed by atoms with Crippen molar-refractivity contribution in [3.63, 3.8) is 0 Å². The topological polar surface area (TPSA) is 65.3 Å². The zero-order chi connectivity index (χ0) is 23.4. The van der Waals surface area contributed by atoms with Gasteiger partial charge in [0.2, 0.25) is 5.82 Å². The van der Waals surface area contributed by atoms with Crippen molar-refractivity contribution in [1.82, 2.24) is 14.2 Å². The van der Waals surface area contributed by atoms with Gasteiger partial charge in [-0.3, -0.25) is 4.79 Å². The van der Waals surface area contributed by atoms with Crippen molar-refractivity contribution in [2.75, 3.05) is 0 Å². The van der Waals surface area contributed by atoms with Crippen molar-refractivity contribution in [2.45, 2.75) is 6.92 Å². The van der Waals surface area contributed by atoms with Crippen molar-refractivity contribution >= 4 is 54.9 Å². The molecule has 0 radical (unpaired) electrons. The maximum atomic E-state index is 13.5. The summed E-state index contributed by atoms with van der Waals surface area (Å²) in [5.41, 5.74) is 4.17. The van der Waals surface area contributed by atoms with Crippen molar-refractivity contribution < 1.29 is 4.42 Å². The maximum Gasteiger partial charge on any atom is 0.282 e. The molecule has 0 N–H and O–H groups in total. The summed E-state index contributed by atoms with van der Waals surface area (Å²) in [5, 5.41) is 7.13. The Morgan fingerprint density at radius 1 is 1.00 bits per heavy atom. The molecule has 0 aliphatic carbocycles. The highest BCUT2D eigenvalue weighted by Gasteiger charge is 2.17. The molecule has 6 nitrogen and oxygen atoms in total. The SMILES string of the molecule is Cc1c(C=Nn2c(-c3cc4cc(Br)ccc4o3)nc3ccccc3c2=O)c2ccccc2n1C. The Labute approximate surface area is 202 Å². The van der Waals surface area contributed by atoms with E-state index in [1.165, 1.54) is 4.68 Å². The Kier molecular flexibility index (Phi) is 4.74. The van der Waals surface area contributed by atoms with E-state index in [4.69, 9.17) is 9.40 Å². The van der Waals surface area contributed by atoms with E-state index >= 15 is 0 Å². The van der Waals surface area contributed by atoms with Crippen molar-refractivity contribution in [2.24, 2.45) is 12.1 Å². The molecule has 0 bridgehead atoms. The molecule has 0 aliphatic rings. The molecule has 7 heteroatoms. The molecule has 3 heterocycles. The number of hydrogen-bond donors (Lipinski definition) is 0. The monoisotopic (exact) mass is 510 g/mol. The molecular formula is C27H19BrN4O2. The first-order valence-electron chi connectivity index (χ1n) is 10.8. The second-order valence-electron chi connectivity index (χ2n) is 8.18. The number of furan rings is 1.